The molecule has 0 radical (unpaired) electrons. The Labute approximate surface area is 92.5 Å². The number of thiazole rings is 1. The normalized spacial score (nSPS) is 10.3. The third kappa shape index (κ3) is 2.27. The molecule has 4 heteroatoms. The molecule has 0 unspecified atom stereocenters. The van der Waals surface area contributed by atoms with Gasteiger partial charge in [-0.1, -0.05) is 17.4 Å². The number of anilines is 1. The number of hydrogen-bond donors (Lipinski definition) is 1. The average Bonchev–Trinajstić information content (AvgIpc) is 2.56. The summed E-state index contributed by atoms with van der Waals surface area (Å²) >= 11 is 1.47. The Bertz CT molecular complexity index is 479. The first-order valence-electron chi connectivity index (χ1n) is 4.61. The molecule has 1 aromatic carbocycles. The van der Waals surface area contributed by atoms with Crippen LogP contribution >= 0.6 is 11.3 Å². The van der Waals surface area contributed by atoms with E-state index in [1.54, 1.807) is 0 Å². The number of nitrogen functional groups attached to an aromatic ring is 1. The van der Waals surface area contributed by atoms with Gasteiger partial charge in [-0.25, -0.2) is 4.98 Å². The fourth-order valence-electron chi connectivity index (χ4n) is 1.23. The third-order valence-corrected chi connectivity index (χ3v) is 2.80. The topological polar surface area (TPSA) is 48.1 Å². The smallest absolute Gasteiger partial charge is 0.278 e. The van der Waals surface area contributed by atoms with Crippen molar-refractivity contribution in [3.8, 4) is 10.9 Å². The Morgan fingerprint density at radius 2 is 2.13 bits per heavy atom. The van der Waals surface area contributed by atoms with Crippen molar-refractivity contribution in [1.29, 1.82) is 0 Å². The molecule has 15 heavy (non-hydrogen) atoms. The van der Waals surface area contributed by atoms with Gasteiger partial charge < -0.3 is 10.5 Å². The van der Waals surface area contributed by atoms with Crippen LogP contribution in [0.15, 0.2) is 23.6 Å². The van der Waals surface area contributed by atoms with Crippen molar-refractivity contribution in [3.05, 3.63) is 34.8 Å². The van der Waals surface area contributed by atoms with Crippen molar-refractivity contribution >= 4 is 17.0 Å². The number of benzene rings is 1. The second-order valence-corrected chi connectivity index (χ2v) is 4.22. The lowest BCUT2D eigenvalue weighted by Crippen LogP contribution is -1.92. The first kappa shape index (κ1) is 9.98. The van der Waals surface area contributed by atoms with Gasteiger partial charge in [0.25, 0.3) is 5.19 Å². The van der Waals surface area contributed by atoms with Crippen LogP contribution in [0.5, 0.6) is 10.9 Å². The molecule has 0 amide bonds. The molecule has 0 aliphatic rings. The predicted octanol–water partition coefficient (Wildman–Crippen LogP) is 3.13. The van der Waals surface area contributed by atoms with Gasteiger partial charge in [0.05, 0.1) is 11.4 Å². The molecular formula is C11H12N2OS. The molecule has 2 aromatic rings. The van der Waals surface area contributed by atoms with Crippen LogP contribution in [-0.2, 0) is 0 Å². The monoisotopic (exact) mass is 220 g/mol. The molecule has 1 heterocycles. The van der Waals surface area contributed by atoms with Crippen molar-refractivity contribution in [3.63, 3.8) is 0 Å². The summed E-state index contributed by atoms with van der Waals surface area (Å²) in [5, 5.41) is 2.57. The molecule has 3 nitrogen and oxygen atoms in total. The van der Waals surface area contributed by atoms with Crippen LogP contribution in [0.3, 0.4) is 0 Å². The second kappa shape index (κ2) is 3.90. The number of aromatic nitrogens is 1. The largest absolute Gasteiger partial charge is 0.429 e. The molecule has 0 aliphatic carbocycles. The highest BCUT2D eigenvalue weighted by Gasteiger charge is 2.04. The molecule has 0 fully saturated rings. The summed E-state index contributed by atoms with van der Waals surface area (Å²) in [7, 11) is 0. The molecule has 0 saturated heterocycles. The molecule has 0 bridgehead atoms. The third-order valence-electron chi connectivity index (χ3n) is 1.96. The molecular weight excluding hydrogens is 208 g/mol. The Morgan fingerprint density at radius 3 is 2.73 bits per heavy atom. The van der Waals surface area contributed by atoms with Crippen LogP contribution in [0.1, 0.15) is 11.3 Å². The number of nitrogens with two attached hydrogens (primary N) is 1. The second-order valence-electron chi connectivity index (χ2n) is 3.40. The Hall–Kier alpha value is -1.55. The van der Waals surface area contributed by atoms with Crippen molar-refractivity contribution < 1.29 is 4.74 Å². The molecule has 2 rings (SSSR count). The average molecular weight is 220 g/mol. The lowest BCUT2D eigenvalue weighted by molar-refractivity contribution is 0.480. The van der Waals surface area contributed by atoms with E-state index in [0.717, 1.165) is 11.3 Å². The predicted molar refractivity (Wildman–Crippen MR) is 62.5 cm³/mol. The minimum absolute atomic E-state index is 0.628. The van der Waals surface area contributed by atoms with Gasteiger partial charge in [0.1, 0.15) is 0 Å². The minimum Gasteiger partial charge on any atom is -0.429 e. The van der Waals surface area contributed by atoms with E-state index in [1.165, 1.54) is 11.3 Å². The van der Waals surface area contributed by atoms with E-state index >= 15 is 0 Å². The fourth-order valence-corrected chi connectivity index (χ4v) is 1.89. The van der Waals surface area contributed by atoms with E-state index in [0.29, 0.717) is 16.6 Å². The van der Waals surface area contributed by atoms with Crippen LogP contribution in [0.25, 0.3) is 0 Å². The van der Waals surface area contributed by atoms with Crippen molar-refractivity contribution in [1.82, 2.24) is 4.98 Å². The van der Waals surface area contributed by atoms with Gasteiger partial charge in [-0.05, 0) is 31.5 Å². The number of ether oxygens (including phenoxy) is 1. The highest BCUT2D eigenvalue weighted by molar-refractivity contribution is 7.11. The number of hydrogen-bond acceptors (Lipinski definition) is 4. The first-order chi connectivity index (χ1) is 7.15. The van der Waals surface area contributed by atoms with E-state index in [9.17, 15) is 0 Å². The summed E-state index contributed by atoms with van der Waals surface area (Å²) < 4.78 is 5.57. The van der Waals surface area contributed by atoms with Crippen molar-refractivity contribution in [2.24, 2.45) is 0 Å². The lowest BCUT2D eigenvalue weighted by Gasteiger charge is -2.05. The van der Waals surface area contributed by atoms with E-state index in [-0.39, 0.29) is 0 Å². The van der Waals surface area contributed by atoms with E-state index in [2.05, 4.69) is 4.98 Å². The van der Waals surface area contributed by atoms with Crippen LogP contribution in [-0.4, -0.2) is 4.98 Å². The molecule has 78 valence electrons. The number of nitrogens with zero attached hydrogens (tertiary/aromatic N) is 1. The Morgan fingerprint density at radius 1 is 1.33 bits per heavy atom. The zero-order chi connectivity index (χ0) is 10.8. The molecule has 0 atom stereocenters. The summed E-state index contributed by atoms with van der Waals surface area (Å²) in [6.45, 7) is 3.93. The van der Waals surface area contributed by atoms with Crippen molar-refractivity contribution in [2.75, 3.05) is 5.73 Å². The highest BCUT2D eigenvalue weighted by atomic mass is 32.1. The van der Waals surface area contributed by atoms with Gasteiger partial charge >= 0.3 is 0 Å². The maximum absolute atomic E-state index is 5.83. The van der Waals surface area contributed by atoms with Gasteiger partial charge in [-0.15, -0.1) is 0 Å². The Kier molecular flexibility index (Phi) is 2.60. The standard InChI is InChI=1S/C11H12N2OS/c1-7-3-4-10(9(12)5-7)14-11-13-8(2)6-15-11/h3-6H,12H2,1-2H3. The highest BCUT2D eigenvalue weighted by Crippen LogP contribution is 2.29. The summed E-state index contributed by atoms with van der Waals surface area (Å²) in [6.07, 6.45) is 0. The molecule has 0 aliphatic heterocycles. The van der Waals surface area contributed by atoms with Crippen LogP contribution < -0.4 is 10.5 Å². The maximum atomic E-state index is 5.83. The zero-order valence-corrected chi connectivity index (χ0v) is 9.47. The van der Waals surface area contributed by atoms with Gasteiger partial charge in [0.2, 0.25) is 0 Å². The lowest BCUT2D eigenvalue weighted by atomic mass is 10.2. The minimum atomic E-state index is 0.628. The fraction of sp³-hybridized carbons (Fsp3) is 0.182. The van der Waals surface area contributed by atoms with E-state index in [4.69, 9.17) is 10.5 Å². The zero-order valence-electron chi connectivity index (χ0n) is 8.65. The summed E-state index contributed by atoms with van der Waals surface area (Å²) in [5.74, 6) is 0.662. The van der Waals surface area contributed by atoms with Gasteiger partial charge in [-0.3, -0.25) is 0 Å². The van der Waals surface area contributed by atoms with Gasteiger partial charge in [-0.2, -0.15) is 0 Å². The van der Waals surface area contributed by atoms with Crippen LogP contribution in [0.2, 0.25) is 0 Å². The Balaban J connectivity index is 2.24. The SMILES string of the molecule is Cc1ccc(Oc2nc(C)cs2)c(N)c1. The quantitative estimate of drug-likeness (QED) is 0.791. The van der Waals surface area contributed by atoms with Gasteiger partial charge in [0.15, 0.2) is 5.75 Å². The summed E-state index contributed by atoms with van der Waals surface area (Å²) in [6, 6.07) is 5.71. The van der Waals surface area contributed by atoms with E-state index in [1.807, 2.05) is 37.4 Å². The summed E-state index contributed by atoms with van der Waals surface area (Å²) in [4.78, 5) is 4.21. The summed E-state index contributed by atoms with van der Waals surface area (Å²) in [5.41, 5.74) is 8.55. The number of rotatable bonds is 2. The maximum Gasteiger partial charge on any atom is 0.278 e. The van der Waals surface area contributed by atoms with Crippen LogP contribution in [0, 0.1) is 13.8 Å². The van der Waals surface area contributed by atoms with Gasteiger partial charge in [0, 0.05) is 5.38 Å². The molecule has 0 spiro atoms. The molecule has 1 aromatic heterocycles. The van der Waals surface area contributed by atoms with Crippen molar-refractivity contribution in [2.45, 2.75) is 13.8 Å². The van der Waals surface area contributed by atoms with E-state index < -0.39 is 0 Å². The number of aryl methyl sites for hydroxylation is 2. The molecule has 0 saturated carbocycles. The molecule has 2 N–H and O–H groups in total. The first-order valence-corrected chi connectivity index (χ1v) is 5.49. The van der Waals surface area contributed by atoms with Crippen LogP contribution in [0.4, 0.5) is 5.69 Å².